The monoisotopic (exact) mass is 194 g/mol. The Hall–Kier alpha value is -1.55. The predicted octanol–water partition coefficient (Wildman–Crippen LogP) is 1.71. The van der Waals surface area contributed by atoms with Gasteiger partial charge in [0, 0.05) is 18.0 Å². The van der Waals surface area contributed by atoms with Gasteiger partial charge >= 0.3 is 0 Å². The lowest BCUT2D eigenvalue weighted by Gasteiger charge is -1.95. The average molecular weight is 195 g/mol. The van der Waals surface area contributed by atoms with Crippen molar-refractivity contribution in [3.63, 3.8) is 0 Å². The van der Waals surface area contributed by atoms with Gasteiger partial charge in [0.2, 0.25) is 0 Å². The fraction of sp³-hybridized carbons (Fsp3) is 0. The van der Waals surface area contributed by atoms with E-state index >= 15 is 0 Å². The van der Waals surface area contributed by atoms with Crippen molar-refractivity contribution in [2.24, 2.45) is 0 Å². The van der Waals surface area contributed by atoms with Crippen LogP contribution in [0.4, 0.5) is 5.69 Å². The Morgan fingerprint density at radius 2 is 2.00 bits per heavy atom. The fourth-order valence-corrected chi connectivity index (χ4v) is 1.19. The fourth-order valence-electron chi connectivity index (χ4n) is 1.06. The maximum absolute atomic E-state index is 5.72. The first-order chi connectivity index (χ1) is 6.29. The molecule has 5 heteroatoms. The number of pyridine rings is 1. The molecule has 0 unspecified atom stereocenters. The van der Waals surface area contributed by atoms with E-state index in [1.165, 1.54) is 0 Å². The van der Waals surface area contributed by atoms with Crippen LogP contribution in [0.1, 0.15) is 0 Å². The van der Waals surface area contributed by atoms with Gasteiger partial charge in [0.05, 0.1) is 5.69 Å². The van der Waals surface area contributed by atoms with E-state index in [2.05, 4.69) is 15.2 Å². The third kappa shape index (κ3) is 1.36. The summed E-state index contributed by atoms with van der Waals surface area (Å²) < 4.78 is 0. The number of halogens is 1. The first kappa shape index (κ1) is 8.07. The van der Waals surface area contributed by atoms with Gasteiger partial charge in [-0.15, -0.1) is 0 Å². The Morgan fingerprint density at radius 3 is 2.54 bits per heavy atom. The van der Waals surface area contributed by atoms with Gasteiger partial charge < -0.3 is 5.73 Å². The first-order valence-electron chi connectivity index (χ1n) is 3.69. The van der Waals surface area contributed by atoms with Crippen molar-refractivity contribution in [1.29, 1.82) is 0 Å². The van der Waals surface area contributed by atoms with Crippen LogP contribution in [0.5, 0.6) is 0 Å². The number of rotatable bonds is 1. The molecule has 0 aliphatic rings. The number of anilines is 1. The van der Waals surface area contributed by atoms with E-state index in [-0.39, 0.29) is 0 Å². The minimum Gasteiger partial charge on any atom is -0.394 e. The first-order valence-corrected chi connectivity index (χ1v) is 4.06. The molecule has 2 aromatic rings. The van der Waals surface area contributed by atoms with E-state index in [4.69, 9.17) is 17.3 Å². The van der Waals surface area contributed by atoms with Crippen molar-refractivity contribution in [2.75, 3.05) is 5.73 Å². The zero-order valence-electron chi connectivity index (χ0n) is 6.66. The summed E-state index contributed by atoms with van der Waals surface area (Å²) in [4.78, 5) is 3.90. The van der Waals surface area contributed by atoms with Gasteiger partial charge in [-0.1, -0.05) is 11.6 Å². The second-order valence-electron chi connectivity index (χ2n) is 2.54. The lowest BCUT2D eigenvalue weighted by molar-refractivity contribution is 1.09. The largest absolute Gasteiger partial charge is 0.394 e. The molecule has 0 aliphatic carbocycles. The van der Waals surface area contributed by atoms with Crippen LogP contribution >= 0.6 is 11.6 Å². The lowest BCUT2D eigenvalue weighted by Crippen LogP contribution is -1.87. The summed E-state index contributed by atoms with van der Waals surface area (Å²) >= 11 is 5.72. The summed E-state index contributed by atoms with van der Waals surface area (Å²) in [5.41, 5.74) is 7.71. The number of aromatic nitrogens is 3. The van der Waals surface area contributed by atoms with Gasteiger partial charge in [0.15, 0.2) is 0 Å². The van der Waals surface area contributed by atoms with E-state index in [1.807, 2.05) is 12.1 Å². The summed E-state index contributed by atoms with van der Waals surface area (Å²) in [5, 5.41) is 6.95. The molecule has 0 spiro atoms. The Labute approximate surface area is 79.7 Å². The summed E-state index contributed by atoms with van der Waals surface area (Å²) in [6.45, 7) is 0. The molecule has 2 heterocycles. The molecule has 0 atom stereocenters. The molecule has 13 heavy (non-hydrogen) atoms. The normalized spacial score (nSPS) is 10.2. The van der Waals surface area contributed by atoms with E-state index in [1.54, 1.807) is 12.4 Å². The Balaban J connectivity index is 2.53. The van der Waals surface area contributed by atoms with Gasteiger partial charge in [0.25, 0.3) is 0 Å². The molecule has 2 rings (SSSR count). The topological polar surface area (TPSA) is 67.6 Å². The standard InChI is InChI=1S/C8H7ClN4/c9-8-6(10)7(12-13-8)5-1-3-11-4-2-5/h1-4H,10H2,(H,12,13). The Kier molecular flexibility index (Phi) is 1.90. The van der Waals surface area contributed by atoms with Crippen LogP contribution in [0.15, 0.2) is 24.5 Å². The number of aromatic amines is 1. The number of nitrogens with one attached hydrogen (secondary N) is 1. The molecule has 4 nitrogen and oxygen atoms in total. The molecular weight excluding hydrogens is 188 g/mol. The highest BCUT2D eigenvalue weighted by Gasteiger charge is 2.08. The Bertz CT molecular complexity index is 409. The average Bonchev–Trinajstić information content (AvgIpc) is 2.49. The van der Waals surface area contributed by atoms with Crippen LogP contribution in [-0.4, -0.2) is 15.2 Å². The zero-order chi connectivity index (χ0) is 9.26. The van der Waals surface area contributed by atoms with Crippen molar-refractivity contribution in [3.05, 3.63) is 29.7 Å². The van der Waals surface area contributed by atoms with E-state index in [0.29, 0.717) is 16.5 Å². The third-order valence-corrected chi connectivity index (χ3v) is 2.00. The second-order valence-corrected chi connectivity index (χ2v) is 2.91. The Morgan fingerprint density at radius 1 is 1.31 bits per heavy atom. The van der Waals surface area contributed by atoms with E-state index in [9.17, 15) is 0 Å². The summed E-state index contributed by atoms with van der Waals surface area (Å²) in [6, 6.07) is 3.64. The van der Waals surface area contributed by atoms with Crippen molar-refractivity contribution in [3.8, 4) is 11.3 Å². The van der Waals surface area contributed by atoms with Crippen LogP contribution < -0.4 is 5.73 Å². The van der Waals surface area contributed by atoms with Crippen molar-refractivity contribution in [2.45, 2.75) is 0 Å². The van der Waals surface area contributed by atoms with Gasteiger partial charge in [-0.05, 0) is 12.1 Å². The molecule has 0 bridgehead atoms. The van der Waals surface area contributed by atoms with Gasteiger partial charge in [-0.2, -0.15) is 5.10 Å². The number of hydrogen-bond donors (Lipinski definition) is 2. The highest BCUT2D eigenvalue weighted by molar-refractivity contribution is 6.32. The smallest absolute Gasteiger partial charge is 0.148 e. The van der Waals surface area contributed by atoms with Crippen molar-refractivity contribution in [1.82, 2.24) is 15.2 Å². The minimum absolute atomic E-state index is 0.367. The molecule has 0 fully saturated rings. The zero-order valence-corrected chi connectivity index (χ0v) is 7.42. The van der Waals surface area contributed by atoms with Gasteiger partial charge in [-0.25, -0.2) is 0 Å². The molecule has 0 aromatic carbocycles. The van der Waals surface area contributed by atoms with Crippen LogP contribution in [0.25, 0.3) is 11.3 Å². The highest BCUT2D eigenvalue weighted by Crippen LogP contribution is 2.27. The summed E-state index contributed by atoms with van der Waals surface area (Å²) in [7, 11) is 0. The molecule has 0 aliphatic heterocycles. The minimum atomic E-state index is 0.367. The molecule has 0 radical (unpaired) electrons. The number of hydrogen-bond acceptors (Lipinski definition) is 3. The quantitative estimate of drug-likeness (QED) is 0.726. The summed E-state index contributed by atoms with van der Waals surface area (Å²) in [6.07, 6.45) is 3.36. The maximum atomic E-state index is 5.72. The molecule has 0 saturated carbocycles. The van der Waals surface area contributed by atoms with E-state index < -0.39 is 0 Å². The second kappa shape index (κ2) is 3.06. The SMILES string of the molecule is Nc1c(-c2ccncc2)n[nH]c1Cl. The summed E-state index contributed by atoms with van der Waals surface area (Å²) in [5.74, 6) is 0. The van der Waals surface area contributed by atoms with Crippen molar-refractivity contribution < 1.29 is 0 Å². The van der Waals surface area contributed by atoms with Gasteiger partial charge in [0.1, 0.15) is 10.8 Å². The lowest BCUT2D eigenvalue weighted by atomic mass is 10.2. The number of nitrogens with zero attached hydrogens (tertiary/aromatic N) is 2. The van der Waals surface area contributed by atoms with Crippen LogP contribution in [0, 0.1) is 0 Å². The third-order valence-electron chi connectivity index (χ3n) is 1.71. The van der Waals surface area contributed by atoms with E-state index in [0.717, 1.165) is 5.56 Å². The number of H-pyrrole nitrogens is 1. The molecule has 3 N–H and O–H groups in total. The number of nitrogens with two attached hydrogens (primary N) is 1. The highest BCUT2D eigenvalue weighted by atomic mass is 35.5. The predicted molar refractivity (Wildman–Crippen MR) is 51.2 cm³/mol. The van der Waals surface area contributed by atoms with Crippen molar-refractivity contribution >= 4 is 17.3 Å². The molecular formula is C8H7ClN4. The van der Waals surface area contributed by atoms with Crippen LogP contribution in [0.2, 0.25) is 5.15 Å². The maximum Gasteiger partial charge on any atom is 0.148 e. The molecule has 0 amide bonds. The van der Waals surface area contributed by atoms with Gasteiger partial charge in [-0.3, -0.25) is 10.1 Å². The number of nitrogen functional groups attached to an aromatic ring is 1. The molecule has 2 aromatic heterocycles. The van der Waals surface area contributed by atoms with Crippen LogP contribution in [0.3, 0.4) is 0 Å². The van der Waals surface area contributed by atoms with Crippen LogP contribution in [-0.2, 0) is 0 Å². The molecule has 0 saturated heterocycles. The molecule has 66 valence electrons.